The van der Waals surface area contributed by atoms with Crippen LogP contribution >= 0.6 is 0 Å². The number of aryl methyl sites for hydroxylation is 1. The third-order valence-corrected chi connectivity index (χ3v) is 6.16. The van der Waals surface area contributed by atoms with Crippen molar-refractivity contribution in [1.82, 2.24) is 9.88 Å². The molecule has 3 heterocycles. The van der Waals surface area contributed by atoms with E-state index in [0.29, 0.717) is 18.0 Å². The van der Waals surface area contributed by atoms with Gasteiger partial charge in [0.05, 0.1) is 17.6 Å². The zero-order valence-corrected chi connectivity index (χ0v) is 19.0. The maximum Gasteiger partial charge on any atom is 0.344 e. The van der Waals surface area contributed by atoms with E-state index in [1.165, 1.54) is 12.8 Å². The van der Waals surface area contributed by atoms with Crippen molar-refractivity contribution < 1.29 is 19.3 Å². The second-order valence-electron chi connectivity index (χ2n) is 8.67. The van der Waals surface area contributed by atoms with E-state index in [9.17, 15) is 5.11 Å². The average Bonchev–Trinajstić information content (AvgIpc) is 3.46. The summed E-state index contributed by atoms with van der Waals surface area (Å²) in [5.74, 6) is -0.00195. The van der Waals surface area contributed by atoms with Crippen molar-refractivity contribution in [2.24, 2.45) is 4.99 Å². The Hall–Kier alpha value is -3.07. The lowest BCUT2D eigenvalue weighted by molar-refractivity contribution is -0.165. The molecule has 2 aliphatic heterocycles. The molecule has 8 heteroatoms. The van der Waals surface area contributed by atoms with Crippen molar-refractivity contribution in [3.63, 3.8) is 0 Å². The quantitative estimate of drug-likeness (QED) is 0.454. The number of H-pyrrole nitrogens is 1. The lowest BCUT2D eigenvalue weighted by atomic mass is 10.1. The Labute approximate surface area is 193 Å². The molecule has 1 unspecified atom stereocenters. The molecule has 33 heavy (non-hydrogen) atoms. The van der Waals surface area contributed by atoms with Crippen LogP contribution < -0.4 is 14.8 Å². The standard InChI is InChI=1S/C25H30N4O4/c1-17-11-18-12-21(6-8-23(18)28-17)33-25(31-2)22-7-5-20(13-24(22)26-16-27-25)32-15-19(30)14-29-9-3-4-10-29/h5-8,11-13,16,19,28,30H,3-4,9-10,14-15H2,1-2H3,(H,26,27)/t19-,25?/m1/s1. The lowest BCUT2D eigenvalue weighted by Gasteiger charge is -2.33. The number of β-amino-alcohol motifs (C(OH)–C–C–N with tert-alkyl or cyclic N) is 1. The van der Waals surface area contributed by atoms with Crippen LogP contribution in [-0.2, 0) is 10.6 Å². The summed E-state index contributed by atoms with van der Waals surface area (Å²) >= 11 is 0. The van der Waals surface area contributed by atoms with Gasteiger partial charge in [-0.05, 0) is 69.3 Å². The number of fused-ring (bicyclic) bond motifs is 2. The van der Waals surface area contributed by atoms with Gasteiger partial charge in [-0.25, -0.2) is 0 Å². The number of nitrogens with one attached hydrogen (secondary N) is 2. The van der Waals surface area contributed by atoms with Gasteiger partial charge in [0.2, 0.25) is 0 Å². The number of hydrogen-bond acceptors (Lipinski definition) is 7. The van der Waals surface area contributed by atoms with E-state index in [1.807, 2.05) is 43.3 Å². The second kappa shape index (κ2) is 9.05. The molecule has 0 radical (unpaired) electrons. The minimum absolute atomic E-state index is 0.241. The van der Waals surface area contributed by atoms with Gasteiger partial charge in [-0.15, -0.1) is 0 Å². The predicted octanol–water partition coefficient (Wildman–Crippen LogP) is 3.60. The molecule has 2 aromatic carbocycles. The Kier molecular flexibility index (Phi) is 5.97. The molecular weight excluding hydrogens is 420 g/mol. The van der Waals surface area contributed by atoms with Crippen LogP contribution in [0.25, 0.3) is 10.9 Å². The van der Waals surface area contributed by atoms with Gasteiger partial charge in [-0.3, -0.25) is 0 Å². The number of ether oxygens (including phenoxy) is 3. The molecule has 0 aliphatic carbocycles. The molecule has 0 amide bonds. The maximum atomic E-state index is 10.3. The highest BCUT2D eigenvalue weighted by atomic mass is 16.7. The van der Waals surface area contributed by atoms with Gasteiger partial charge in [-0.2, -0.15) is 4.99 Å². The number of hydrogen-bond donors (Lipinski definition) is 3. The molecule has 1 aromatic heterocycles. The number of aromatic amines is 1. The first kappa shape index (κ1) is 21.8. The Bertz CT molecular complexity index is 1150. The van der Waals surface area contributed by atoms with Crippen molar-refractivity contribution in [3.05, 3.63) is 53.7 Å². The number of aliphatic hydroxyl groups excluding tert-OH is 1. The van der Waals surface area contributed by atoms with Gasteiger partial charge in [0.15, 0.2) is 0 Å². The summed E-state index contributed by atoms with van der Waals surface area (Å²) in [5, 5.41) is 14.5. The molecule has 8 nitrogen and oxygen atoms in total. The highest BCUT2D eigenvalue weighted by molar-refractivity contribution is 5.83. The molecule has 3 aromatic rings. The van der Waals surface area contributed by atoms with Gasteiger partial charge in [0, 0.05) is 36.3 Å². The molecule has 2 aliphatic rings. The highest BCUT2D eigenvalue weighted by Crippen LogP contribution is 2.39. The van der Waals surface area contributed by atoms with Crippen LogP contribution in [0.2, 0.25) is 0 Å². The van der Waals surface area contributed by atoms with E-state index < -0.39 is 12.0 Å². The van der Waals surface area contributed by atoms with Crippen molar-refractivity contribution in [2.45, 2.75) is 31.8 Å². The van der Waals surface area contributed by atoms with Gasteiger partial charge >= 0.3 is 5.91 Å². The minimum atomic E-state index is -1.31. The van der Waals surface area contributed by atoms with Crippen molar-refractivity contribution in [1.29, 1.82) is 0 Å². The number of methoxy groups -OCH3 is 1. The monoisotopic (exact) mass is 450 g/mol. The van der Waals surface area contributed by atoms with Gasteiger partial charge in [0.1, 0.15) is 24.2 Å². The Balaban J connectivity index is 1.32. The molecule has 3 N–H and O–H groups in total. The number of nitrogens with zero attached hydrogens (tertiary/aromatic N) is 2. The van der Waals surface area contributed by atoms with E-state index in [4.69, 9.17) is 14.2 Å². The Morgan fingerprint density at radius 3 is 2.76 bits per heavy atom. The summed E-state index contributed by atoms with van der Waals surface area (Å²) in [6.45, 7) is 5.01. The highest BCUT2D eigenvalue weighted by Gasteiger charge is 2.39. The number of benzene rings is 2. The molecule has 5 rings (SSSR count). The Morgan fingerprint density at radius 2 is 1.94 bits per heavy atom. The molecule has 174 valence electrons. The summed E-state index contributed by atoms with van der Waals surface area (Å²) in [6, 6.07) is 13.5. The van der Waals surface area contributed by atoms with Crippen molar-refractivity contribution in [3.8, 4) is 11.5 Å². The van der Waals surface area contributed by atoms with Crippen molar-refractivity contribution in [2.75, 3.05) is 38.7 Å². The molecular formula is C25H30N4O4. The SMILES string of the molecule is COC1(Oc2ccc3[nH]c(C)cc3c2)N=CNc2cc(OC[C@H](O)CN3CCCC3)ccc21. The van der Waals surface area contributed by atoms with Gasteiger partial charge in [0.25, 0.3) is 0 Å². The first-order valence-electron chi connectivity index (χ1n) is 11.4. The van der Waals surface area contributed by atoms with Crippen LogP contribution in [0.1, 0.15) is 24.1 Å². The predicted molar refractivity (Wildman–Crippen MR) is 128 cm³/mol. The molecule has 0 spiro atoms. The zero-order valence-electron chi connectivity index (χ0n) is 19.0. The fourth-order valence-electron chi connectivity index (χ4n) is 4.54. The minimum Gasteiger partial charge on any atom is -0.491 e. The van der Waals surface area contributed by atoms with Crippen LogP contribution in [0, 0.1) is 6.92 Å². The van der Waals surface area contributed by atoms with Gasteiger partial charge < -0.3 is 34.5 Å². The summed E-state index contributed by atoms with van der Waals surface area (Å²) < 4.78 is 17.9. The molecule has 1 fully saturated rings. The maximum absolute atomic E-state index is 10.3. The third-order valence-electron chi connectivity index (χ3n) is 6.16. The normalized spacial score (nSPS) is 21.1. The summed E-state index contributed by atoms with van der Waals surface area (Å²) in [6.07, 6.45) is 3.44. The number of aromatic nitrogens is 1. The first-order valence-corrected chi connectivity index (χ1v) is 11.4. The van der Waals surface area contributed by atoms with E-state index in [1.54, 1.807) is 13.4 Å². The van der Waals surface area contributed by atoms with Crippen LogP contribution in [-0.4, -0.2) is 60.8 Å². The summed E-state index contributed by atoms with van der Waals surface area (Å²) in [7, 11) is 1.57. The fourth-order valence-corrected chi connectivity index (χ4v) is 4.54. The molecule has 2 atom stereocenters. The van der Waals surface area contributed by atoms with Crippen molar-refractivity contribution >= 4 is 22.9 Å². The first-order chi connectivity index (χ1) is 16.0. The second-order valence-corrected chi connectivity index (χ2v) is 8.67. The molecule has 0 bridgehead atoms. The van der Waals surface area contributed by atoms with Crippen LogP contribution in [0.5, 0.6) is 11.5 Å². The van der Waals surface area contributed by atoms with E-state index in [-0.39, 0.29) is 6.61 Å². The van der Waals surface area contributed by atoms with Crippen LogP contribution in [0.4, 0.5) is 5.69 Å². The molecule has 1 saturated heterocycles. The topological polar surface area (TPSA) is 91.3 Å². The number of likely N-dealkylation sites (tertiary alicyclic amines) is 1. The number of aliphatic hydroxyl groups is 1. The summed E-state index contributed by atoms with van der Waals surface area (Å²) in [4.78, 5) is 10.1. The number of rotatable bonds is 8. The fraction of sp³-hybridized carbons (Fsp3) is 0.400. The van der Waals surface area contributed by atoms with Crippen LogP contribution in [0.15, 0.2) is 47.5 Å². The van der Waals surface area contributed by atoms with Gasteiger partial charge in [-0.1, -0.05) is 0 Å². The number of aliphatic imine (C=N–C) groups is 1. The largest absolute Gasteiger partial charge is 0.491 e. The zero-order chi connectivity index (χ0) is 22.8. The van der Waals surface area contributed by atoms with Crippen LogP contribution in [0.3, 0.4) is 0 Å². The summed E-state index contributed by atoms with van der Waals surface area (Å²) in [5.41, 5.74) is 3.65. The van der Waals surface area contributed by atoms with E-state index in [2.05, 4.69) is 26.3 Å². The third kappa shape index (κ3) is 4.55. The molecule has 0 saturated carbocycles. The Morgan fingerprint density at radius 1 is 1.12 bits per heavy atom. The average molecular weight is 451 g/mol. The smallest absolute Gasteiger partial charge is 0.344 e. The van der Waals surface area contributed by atoms with E-state index in [0.717, 1.165) is 40.9 Å². The lowest BCUT2D eigenvalue weighted by Crippen LogP contribution is -2.37. The number of anilines is 1. The van der Waals surface area contributed by atoms with E-state index >= 15 is 0 Å².